The summed E-state index contributed by atoms with van der Waals surface area (Å²) in [6.07, 6.45) is 7.19. The number of hydrogen-bond donors (Lipinski definition) is 1. The molecule has 2 heteroatoms. The highest BCUT2D eigenvalue weighted by Gasteiger charge is 1.74. The molecule has 0 spiro atoms. The lowest BCUT2D eigenvalue weighted by Gasteiger charge is -1.84. The molecular weight excluding hydrogens is 160 g/mol. The molecule has 0 aliphatic heterocycles. The highest BCUT2D eigenvalue weighted by Crippen LogP contribution is 1.79. The van der Waals surface area contributed by atoms with E-state index in [-0.39, 0.29) is 0 Å². The molecule has 0 amide bonds. The Labute approximate surface area is 83.3 Å². The van der Waals surface area contributed by atoms with Crippen LogP contribution in [0.5, 0.6) is 0 Å². The van der Waals surface area contributed by atoms with E-state index in [1.54, 1.807) is 19.3 Å². The van der Waals surface area contributed by atoms with Gasteiger partial charge in [0.15, 0.2) is 0 Å². The molecule has 0 saturated carbocycles. The SMILES string of the molecule is C/C=C\C=C(\N)C=NC.CC.CC. The molecule has 0 heterocycles. The van der Waals surface area contributed by atoms with Crippen molar-refractivity contribution in [3.05, 3.63) is 23.9 Å². The largest absolute Gasteiger partial charge is 0.397 e. The molecule has 13 heavy (non-hydrogen) atoms. The van der Waals surface area contributed by atoms with Gasteiger partial charge >= 0.3 is 0 Å². The Balaban J connectivity index is -0.000000218. The topological polar surface area (TPSA) is 38.4 Å². The molecular formula is C11H24N2. The minimum atomic E-state index is 0.676. The maximum atomic E-state index is 5.43. The average molecular weight is 184 g/mol. The molecule has 2 nitrogen and oxygen atoms in total. The Hall–Kier alpha value is -1.05. The van der Waals surface area contributed by atoms with Crippen molar-refractivity contribution in [1.29, 1.82) is 0 Å². The molecule has 0 aliphatic carbocycles. The molecule has 0 bridgehead atoms. The summed E-state index contributed by atoms with van der Waals surface area (Å²) in [4.78, 5) is 3.74. The molecule has 0 aliphatic rings. The van der Waals surface area contributed by atoms with Crippen LogP contribution in [0.4, 0.5) is 0 Å². The van der Waals surface area contributed by atoms with Gasteiger partial charge in [0.2, 0.25) is 0 Å². The van der Waals surface area contributed by atoms with Crippen LogP contribution in [0.15, 0.2) is 28.9 Å². The van der Waals surface area contributed by atoms with Crippen molar-refractivity contribution in [2.45, 2.75) is 34.6 Å². The summed E-state index contributed by atoms with van der Waals surface area (Å²) in [5, 5.41) is 0. The third-order valence-corrected chi connectivity index (χ3v) is 0.759. The summed E-state index contributed by atoms with van der Waals surface area (Å²) >= 11 is 0. The van der Waals surface area contributed by atoms with Crippen LogP contribution in [0.2, 0.25) is 0 Å². The molecule has 0 aromatic carbocycles. The molecule has 0 saturated heterocycles. The van der Waals surface area contributed by atoms with Crippen molar-refractivity contribution >= 4 is 6.21 Å². The number of nitrogens with two attached hydrogens (primary N) is 1. The van der Waals surface area contributed by atoms with E-state index in [4.69, 9.17) is 5.73 Å². The van der Waals surface area contributed by atoms with Gasteiger partial charge in [0.05, 0.1) is 0 Å². The maximum Gasteiger partial charge on any atom is 0.0495 e. The number of aliphatic imine (C=N–C) groups is 1. The van der Waals surface area contributed by atoms with Gasteiger partial charge in [-0.2, -0.15) is 0 Å². The van der Waals surface area contributed by atoms with E-state index in [2.05, 4.69) is 4.99 Å². The highest BCUT2D eigenvalue weighted by molar-refractivity contribution is 5.77. The lowest BCUT2D eigenvalue weighted by atomic mass is 10.4. The lowest BCUT2D eigenvalue weighted by Crippen LogP contribution is -1.96. The fourth-order valence-electron chi connectivity index (χ4n) is 0.399. The van der Waals surface area contributed by atoms with Gasteiger partial charge in [-0.3, -0.25) is 4.99 Å². The summed E-state index contributed by atoms with van der Waals surface area (Å²) in [5.41, 5.74) is 6.11. The van der Waals surface area contributed by atoms with Crippen LogP contribution in [-0.2, 0) is 0 Å². The molecule has 2 N–H and O–H groups in total. The van der Waals surface area contributed by atoms with Crippen LogP contribution in [-0.4, -0.2) is 13.3 Å². The summed E-state index contributed by atoms with van der Waals surface area (Å²) in [6, 6.07) is 0. The van der Waals surface area contributed by atoms with Crippen LogP contribution in [0.1, 0.15) is 34.6 Å². The summed E-state index contributed by atoms with van der Waals surface area (Å²) in [7, 11) is 1.69. The standard InChI is InChI=1S/C7H12N2.2C2H6/c1-3-4-5-7(8)6-9-2;2*1-2/h3-6H,8H2,1-2H3;2*1-2H3/b4-3-,7-5+,9-6?;;. The normalized spacial score (nSPS) is 10.5. The number of hydrogen-bond acceptors (Lipinski definition) is 2. The molecule has 0 unspecified atom stereocenters. The fourth-order valence-corrected chi connectivity index (χ4v) is 0.399. The van der Waals surface area contributed by atoms with E-state index >= 15 is 0 Å². The summed E-state index contributed by atoms with van der Waals surface area (Å²) in [6.45, 7) is 9.94. The molecule has 0 fully saturated rings. The van der Waals surface area contributed by atoms with E-state index < -0.39 is 0 Å². The van der Waals surface area contributed by atoms with Gasteiger partial charge in [-0.1, -0.05) is 39.8 Å². The van der Waals surface area contributed by atoms with Crippen LogP contribution < -0.4 is 5.73 Å². The van der Waals surface area contributed by atoms with Gasteiger partial charge < -0.3 is 5.73 Å². The Morgan fingerprint density at radius 2 is 1.62 bits per heavy atom. The fraction of sp³-hybridized carbons (Fsp3) is 0.545. The van der Waals surface area contributed by atoms with Crippen molar-refractivity contribution in [3.63, 3.8) is 0 Å². The van der Waals surface area contributed by atoms with E-state index in [9.17, 15) is 0 Å². The van der Waals surface area contributed by atoms with Gasteiger partial charge in [0, 0.05) is 19.0 Å². The van der Waals surface area contributed by atoms with E-state index in [0.29, 0.717) is 5.70 Å². The number of allylic oxidation sites excluding steroid dienone is 4. The maximum absolute atomic E-state index is 5.43. The second kappa shape index (κ2) is 22.4. The molecule has 0 aromatic rings. The first kappa shape index (κ1) is 17.9. The minimum Gasteiger partial charge on any atom is -0.397 e. The first-order valence-electron chi connectivity index (χ1n) is 4.82. The average Bonchev–Trinajstić information content (AvgIpc) is 2.21. The van der Waals surface area contributed by atoms with Crippen molar-refractivity contribution in [2.75, 3.05) is 7.05 Å². The molecule has 0 atom stereocenters. The van der Waals surface area contributed by atoms with Crippen LogP contribution in [0.25, 0.3) is 0 Å². The first-order valence-corrected chi connectivity index (χ1v) is 4.82. The van der Waals surface area contributed by atoms with Crippen molar-refractivity contribution in [1.82, 2.24) is 0 Å². The van der Waals surface area contributed by atoms with E-state index in [1.165, 1.54) is 0 Å². The number of rotatable bonds is 2. The lowest BCUT2D eigenvalue weighted by molar-refractivity contribution is 1.42. The van der Waals surface area contributed by atoms with Crippen LogP contribution >= 0.6 is 0 Å². The van der Waals surface area contributed by atoms with Gasteiger partial charge in [0.1, 0.15) is 0 Å². The van der Waals surface area contributed by atoms with Gasteiger partial charge in [0.25, 0.3) is 0 Å². The van der Waals surface area contributed by atoms with Crippen LogP contribution in [0, 0.1) is 0 Å². The first-order chi connectivity index (χ1) is 6.31. The van der Waals surface area contributed by atoms with Crippen LogP contribution in [0.3, 0.4) is 0 Å². The third kappa shape index (κ3) is 24.8. The molecule has 0 aromatic heterocycles. The monoisotopic (exact) mass is 184 g/mol. The minimum absolute atomic E-state index is 0.676. The Bertz CT molecular complexity index is 144. The zero-order chi connectivity index (χ0) is 11.1. The molecule has 0 radical (unpaired) electrons. The van der Waals surface area contributed by atoms with Crippen molar-refractivity contribution < 1.29 is 0 Å². The Kier molecular flexibility index (Phi) is 30.9. The van der Waals surface area contributed by atoms with Crippen molar-refractivity contribution in [3.8, 4) is 0 Å². The van der Waals surface area contributed by atoms with E-state index in [0.717, 1.165) is 0 Å². The molecule has 78 valence electrons. The van der Waals surface area contributed by atoms with Gasteiger partial charge in [-0.25, -0.2) is 0 Å². The van der Waals surface area contributed by atoms with Crippen molar-refractivity contribution in [2.24, 2.45) is 10.7 Å². The van der Waals surface area contributed by atoms with Gasteiger partial charge in [-0.15, -0.1) is 0 Å². The quantitative estimate of drug-likeness (QED) is 0.519. The molecule has 0 rings (SSSR count). The second-order valence-corrected chi connectivity index (χ2v) is 1.58. The summed E-state index contributed by atoms with van der Waals surface area (Å²) < 4.78 is 0. The smallest absolute Gasteiger partial charge is 0.0495 e. The Morgan fingerprint density at radius 1 is 1.15 bits per heavy atom. The summed E-state index contributed by atoms with van der Waals surface area (Å²) in [5.74, 6) is 0. The predicted octanol–water partition coefficient (Wildman–Crippen LogP) is 3.16. The number of nitrogens with zero attached hydrogens (tertiary/aromatic N) is 1. The zero-order valence-corrected chi connectivity index (χ0v) is 9.83. The second-order valence-electron chi connectivity index (χ2n) is 1.58. The van der Waals surface area contributed by atoms with Gasteiger partial charge in [-0.05, 0) is 13.0 Å². The Morgan fingerprint density at radius 3 is 1.92 bits per heavy atom. The zero-order valence-electron chi connectivity index (χ0n) is 9.83. The highest BCUT2D eigenvalue weighted by atomic mass is 14.7. The predicted molar refractivity (Wildman–Crippen MR) is 64.2 cm³/mol. The van der Waals surface area contributed by atoms with E-state index in [1.807, 2.05) is 46.8 Å². The third-order valence-electron chi connectivity index (χ3n) is 0.759.